The van der Waals surface area contributed by atoms with Gasteiger partial charge in [0.05, 0.1) is 5.71 Å². The molecule has 0 aromatic heterocycles. The second kappa shape index (κ2) is 18.2. The summed E-state index contributed by atoms with van der Waals surface area (Å²) in [5, 5.41) is 4.30. The van der Waals surface area contributed by atoms with Crippen LogP contribution in [0.1, 0.15) is 68.8 Å². The second-order valence-corrected chi connectivity index (χ2v) is 10.1. The van der Waals surface area contributed by atoms with Crippen LogP contribution in [0.2, 0.25) is 0 Å². The number of piperidine rings is 1. The van der Waals surface area contributed by atoms with Gasteiger partial charge in [-0.1, -0.05) is 23.4 Å². The number of oxime groups is 1. The predicted octanol–water partition coefficient (Wildman–Crippen LogP) is 4.14. The number of ether oxygens (including phenoxy) is 5. The lowest BCUT2D eigenvalue weighted by Gasteiger charge is -2.26. The van der Waals surface area contributed by atoms with Gasteiger partial charge >= 0.3 is 5.97 Å². The van der Waals surface area contributed by atoms with E-state index >= 15 is 0 Å². The lowest BCUT2D eigenvalue weighted by Crippen LogP contribution is -2.37. The van der Waals surface area contributed by atoms with Gasteiger partial charge in [0.15, 0.2) is 20.2 Å². The number of benzene rings is 1. The van der Waals surface area contributed by atoms with Gasteiger partial charge in [-0.3, -0.25) is 4.79 Å². The number of allylic oxidation sites excluding steroid dienone is 1. The highest BCUT2D eigenvalue weighted by molar-refractivity contribution is 6.00. The molecule has 1 amide bonds. The van der Waals surface area contributed by atoms with Crippen LogP contribution < -0.4 is 15.2 Å². The number of hydrogen-bond donors (Lipinski definition) is 1. The standard InChI is InChI=1S/C31H45N3O8/c1-4-37-21-39-27-18-24-17-26(33-41-20-29(35)34-15-7-6-8-16-34)14-10-13-25(32)12-9-11-23(3)42-31(36)30(24)28(19-27)40-22-38-5-2/h9-10,12,14,18-19,23,25H,4-8,11,13,15-17,20-22,32H2,1-3H3. The summed E-state index contributed by atoms with van der Waals surface area (Å²) in [4.78, 5) is 33.6. The van der Waals surface area contributed by atoms with Crippen molar-refractivity contribution in [3.8, 4) is 11.5 Å². The molecule has 11 heteroatoms. The molecule has 42 heavy (non-hydrogen) atoms. The van der Waals surface area contributed by atoms with Crippen molar-refractivity contribution in [3.05, 3.63) is 47.6 Å². The summed E-state index contributed by atoms with van der Waals surface area (Å²) >= 11 is 0. The van der Waals surface area contributed by atoms with Crippen molar-refractivity contribution >= 4 is 17.6 Å². The van der Waals surface area contributed by atoms with Crippen molar-refractivity contribution in [2.45, 2.75) is 71.4 Å². The Morgan fingerprint density at radius 1 is 1.05 bits per heavy atom. The highest BCUT2D eigenvalue weighted by atomic mass is 16.7. The fraction of sp³-hybridized carbons (Fsp3) is 0.581. The molecule has 1 saturated heterocycles. The Bertz CT molecular complexity index is 1100. The van der Waals surface area contributed by atoms with E-state index in [0.29, 0.717) is 43.1 Å². The molecule has 0 bridgehead atoms. The van der Waals surface area contributed by atoms with E-state index in [1.165, 1.54) is 0 Å². The van der Waals surface area contributed by atoms with Crippen LogP contribution in [0, 0.1) is 0 Å². The zero-order valence-electron chi connectivity index (χ0n) is 25.0. The zero-order chi connectivity index (χ0) is 30.2. The van der Waals surface area contributed by atoms with Gasteiger partial charge in [-0.15, -0.1) is 0 Å². The third-order valence-electron chi connectivity index (χ3n) is 6.70. The van der Waals surface area contributed by atoms with Crippen LogP contribution in [0.3, 0.4) is 0 Å². The van der Waals surface area contributed by atoms with Crippen LogP contribution >= 0.6 is 0 Å². The molecule has 0 aliphatic carbocycles. The third-order valence-corrected chi connectivity index (χ3v) is 6.70. The normalized spacial score (nSPS) is 20.9. The van der Waals surface area contributed by atoms with Crippen LogP contribution in [0.15, 0.2) is 41.6 Å². The minimum absolute atomic E-state index is 0.0223. The molecule has 232 valence electrons. The fourth-order valence-electron chi connectivity index (χ4n) is 4.49. The fourth-order valence-corrected chi connectivity index (χ4v) is 4.49. The average molecular weight is 588 g/mol. The number of carbonyl (C=O) groups is 2. The number of carbonyl (C=O) groups excluding carboxylic acids is 2. The highest BCUT2D eigenvalue weighted by Gasteiger charge is 2.24. The van der Waals surface area contributed by atoms with Gasteiger partial charge in [-0.2, -0.15) is 0 Å². The summed E-state index contributed by atoms with van der Waals surface area (Å²) in [5.41, 5.74) is 7.49. The van der Waals surface area contributed by atoms with Crippen molar-refractivity contribution < 1.29 is 38.1 Å². The number of hydrogen-bond acceptors (Lipinski definition) is 10. The van der Waals surface area contributed by atoms with Gasteiger partial charge in [0.2, 0.25) is 0 Å². The summed E-state index contributed by atoms with van der Waals surface area (Å²) in [6.45, 7) is 7.70. The summed E-state index contributed by atoms with van der Waals surface area (Å²) < 4.78 is 28.2. The maximum absolute atomic E-state index is 13.6. The van der Waals surface area contributed by atoms with Gasteiger partial charge in [-0.25, -0.2) is 4.79 Å². The molecule has 0 radical (unpaired) electrons. The number of fused-ring (bicyclic) bond motifs is 1. The molecule has 1 aromatic rings. The van der Waals surface area contributed by atoms with Gasteiger partial charge in [0.25, 0.3) is 5.91 Å². The number of esters is 1. The van der Waals surface area contributed by atoms with Crippen molar-refractivity contribution in [2.24, 2.45) is 10.9 Å². The van der Waals surface area contributed by atoms with E-state index in [0.717, 1.165) is 32.4 Å². The number of rotatable bonds is 11. The van der Waals surface area contributed by atoms with Crippen molar-refractivity contribution in [2.75, 3.05) is 46.5 Å². The predicted molar refractivity (Wildman–Crippen MR) is 159 cm³/mol. The first-order valence-electron chi connectivity index (χ1n) is 14.8. The first-order valence-corrected chi connectivity index (χ1v) is 14.8. The van der Waals surface area contributed by atoms with Crippen LogP contribution in [0.4, 0.5) is 0 Å². The SMILES string of the molecule is CCOCOc1cc2c(c(OCOCC)c1)C(=O)OC(C)CC=CC(N)CC=CC(=NOCC(=O)N1CCCCC1)C2. The maximum atomic E-state index is 13.6. The smallest absolute Gasteiger partial charge is 0.342 e. The summed E-state index contributed by atoms with van der Waals surface area (Å²) in [6, 6.07) is 3.12. The number of amides is 1. The average Bonchev–Trinajstić information content (AvgIpc) is 2.97. The van der Waals surface area contributed by atoms with E-state index in [4.69, 9.17) is 34.3 Å². The van der Waals surface area contributed by atoms with Crippen LogP contribution in [0.5, 0.6) is 11.5 Å². The zero-order valence-corrected chi connectivity index (χ0v) is 25.0. The van der Waals surface area contributed by atoms with Gasteiger partial charge in [-0.05, 0) is 64.2 Å². The molecule has 11 nitrogen and oxygen atoms in total. The molecular weight excluding hydrogens is 542 g/mol. The number of cyclic esters (lactones) is 1. The van der Waals surface area contributed by atoms with E-state index in [1.807, 2.05) is 39.0 Å². The molecule has 2 aliphatic rings. The molecule has 2 unspecified atom stereocenters. The van der Waals surface area contributed by atoms with Gasteiger partial charge in [0, 0.05) is 51.3 Å². The Morgan fingerprint density at radius 3 is 2.52 bits per heavy atom. The minimum atomic E-state index is -0.556. The van der Waals surface area contributed by atoms with Crippen LogP contribution in [-0.2, 0) is 30.3 Å². The molecule has 1 aromatic carbocycles. The summed E-state index contributed by atoms with van der Waals surface area (Å²) in [7, 11) is 0. The van der Waals surface area contributed by atoms with E-state index in [1.54, 1.807) is 23.1 Å². The largest absolute Gasteiger partial charge is 0.467 e. The van der Waals surface area contributed by atoms with E-state index in [2.05, 4.69) is 5.16 Å². The van der Waals surface area contributed by atoms with Gasteiger partial charge in [0.1, 0.15) is 23.2 Å². The Balaban J connectivity index is 1.98. The molecule has 1 fully saturated rings. The molecule has 2 N–H and O–H groups in total. The van der Waals surface area contributed by atoms with E-state index < -0.39 is 12.1 Å². The lowest BCUT2D eigenvalue weighted by atomic mass is 9.99. The Morgan fingerprint density at radius 2 is 1.79 bits per heavy atom. The molecular formula is C31H45N3O8. The topological polar surface area (TPSA) is 131 Å². The highest BCUT2D eigenvalue weighted by Crippen LogP contribution is 2.32. The Kier molecular flexibility index (Phi) is 14.3. The summed E-state index contributed by atoms with van der Waals surface area (Å²) in [5.74, 6) is 0.0240. The molecule has 0 saturated carbocycles. The van der Waals surface area contributed by atoms with Crippen LogP contribution in [0.25, 0.3) is 0 Å². The number of likely N-dealkylation sites (tertiary alicyclic amines) is 1. The minimum Gasteiger partial charge on any atom is -0.467 e. The van der Waals surface area contributed by atoms with Crippen molar-refractivity contribution in [1.29, 1.82) is 0 Å². The van der Waals surface area contributed by atoms with Crippen molar-refractivity contribution in [3.63, 3.8) is 0 Å². The van der Waals surface area contributed by atoms with Crippen LogP contribution in [-0.4, -0.2) is 81.1 Å². The molecule has 2 atom stereocenters. The maximum Gasteiger partial charge on any atom is 0.342 e. The monoisotopic (exact) mass is 587 g/mol. The lowest BCUT2D eigenvalue weighted by molar-refractivity contribution is -0.137. The van der Waals surface area contributed by atoms with Gasteiger partial charge < -0.3 is 39.2 Å². The first kappa shape index (κ1) is 33.1. The van der Waals surface area contributed by atoms with E-state index in [9.17, 15) is 9.59 Å². The first-order chi connectivity index (χ1) is 20.4. The Labute approximate surface area is 248 Å². The van der Waals surface area contributed by atoms with E-state index in [-0.39, 0.29) is 49.9 Å². The number of nitrogens with zero attached hydrogens (tertiary/aromatic N) is 2. The quantitative estimate of drug-likeness (QED) is 0.133. The molecule has 0 spiro atoms. The molecule has 2 heterocycles. The Hall–Kier alpha value is -3.41. The molecule has 3 rings (SSSR count). The third kappa shape index (κ3) is 11.1. The second-order valence-electron chi connectivity index (χ2n) is 10.1. The van der Waals surface area contributed by atoms with Crippen molar-refractivity contribution in [1.82, 2.24) is 4.90 Å². The number of nitrogens with two attached hydrogens (primary N) is 1. The molecule has 2 aliphatic heterocycles. The summed E-state index contributed by atoms with van der Waals surface area (Å²) in [6.07, 6.45) is 11.4.